The van der Waals surface area contributed by atoms with Gasteiger partial charge in [0.05, 0.1) is 11.5 Å². The summed E-state index contributed by atoms with van der Waals surface area (Å²) >= 11 is 3.26. The molecule has 2 rings (SSSR count). The number of hydrogen-bond donors (Lipinski definition) is 1. The molecule has 0 aliphatic rings. The molecule has 7 nitrogen and oxygen atoms in total. The molecule has 94 valence electrons. The van der Waals surface area contributed by atoms with E-state index in [9.17, 15) is 10.1 Å². The summed E-state index contributed by atoms with van der Waals surface area (Å²) in [5.41, 5.74) is 0.389. The van der Waals surface area contributed by atoms with E-state index >= 15 is 0 Å². The lowest BCUT2D eigenvalue weighted by atomic mass is 10.2. The van der Waals surface area contributed by atoms with Gasteiger partial charge in [-0.2, -0.15) is 4.98 Å². The van der Waals surface area contributed by atoms with E-state index in [-0.39, 0.29) is 12.2 Å². The van der Waals surface area contributed by atoms with E-state index in [1.54, 1.807) is 19.1 Å². The molecule has 2 aromatic rings. The number of hydrogen-bond acceptors (Lipinski definition) is 6. The molecule has 0 aliphatic carbocycles. The second kappa shape index (κ2) is 5.13. The number of anilines is 1. The first-order valence-electron chi connectivity index (χ1n) is 5.03. The standard InChI is InChI=1S/C10H9BrN4O3/c1-6-13-10(18-14-6)5-12-8-4-7(11)2-3-9(8)15(16)17/h2-4,12H,5H2,1H3. The third kappa shape index (κ3) is 2.83. The minimum Gasteiger partial charge on any atom is -0.371 e. The van der Waals surface area contributed by atoms with Crippen LogP contribution < -0.4 is 5.32 Å². The van der Waals surface area contributed by atoms with Crippen molar-refractivity contribution in [1.29, 1.82) is 0 Å². The molecule has 0 radical (unpaired) electrons. The molecule has 0 saturated carbocycles. The molecule has 0 saturated heterocycles. The number of nitrogens with one attached hydrogen (secondary N) is 1. The van der Waals surface area contributed by atoms with E-state index in [0.717, 1.165) is 4.47 Å². The molecule has 0 aliphatic heterocycles. The molecule has 8 heteroatoms. The van der Waals surface area contributed by atoms with Gasteiger partial charge in [0.1, 0.15) is 5.69 Å². The molecule has 0 bridgehead atoms. The average Bonchev–Trinajstić information content (AvgIpc) is 2.72. The summed E-state index contributed by atoms with van der Waals surface area (Å²) in [6.07, 6.45) is 0. The quantitative estimate of drug-likeness (QED) is 0.689. The van der Waals surface area contributed by atoms with Crippen molar-refractivity contribution in [3.63, 3.8) is 0 Å². The van der Waals surface area contributed by atoms with E-state index < -0.39 is 4.92 Å². The number of aromatic nitrogens is 2. The Kier molecular flexibility index (Phi) is 3.56. The summed E-state index contributed by atoms with van der Waals surface area (Å²) in [4.78, 5) is 14.4. The number of aryl methyl sites for hydroxylation is 1. The summed E-state index contributed by atoms with van der Waals surface area (Å²) in [5.74, 6) is 0.900. The molecule has 0 spiro atoms. The van der Waals surface area contributed by atoms with Gasteiger partial charge in [-0.3, -0.25) is 10.1 Å². The largest absolute Gasteiger partial charge is 0.371 e. The van der Waals surface area contributed by atoms with Crippen molar-refractivity contribution in [2.24, 2.45) is 0 Å². The molecule has 0 amide bonds. The van der Waals surface area contributed by atoms with Crippen LogP contribution in [0.3, 0.4) is 0 Å². The molecule has 0 fully saturated rings. The van der Waals surface area contributed by atoms with E-state index in [1.165, 1.54) is 6.07 Å². The van der Waals surface area contributed by atoms with E-state index in [4.69, 9.17) is 4.52 Å². The number of benzene rings is 1. The first-order chi connectivity index (χ1) is 8.56. The van der Waals surface area contributed by atoms with Crippen LogP contribution >= 0.6 is 15.9 Å². The fourth-order valence-electron chi connectivity index (χ4n) is 1.39. The Morgan fingerprint density at radius 1 is 1.56 bits per heavy atom. The van der Waals surface area contributed by atoms with Gasteiger partial charge in [-0.15, -0.1) is 0 Å². The van der Waals surface area contributed by atoms with Crippen LogP contribution in [0, 0.1) is 17.0 Å². The molecule has 18 heavy (non-hydrogen) atoms. The number of rotatable bonds is 4. The van der Waals surface area contributed by atoms with Crippen LogP contribution in [0.4, 0.5) is 11.4 Å². The number of nitro groups is 1. The Labute approximate surface area is 110 Å². The van der Waals surface area contributed by atoms with Crippen LogP contribution in [0.15, 0.2) is 27.2 Å². The third-order valence-electron chi connectivity index (χ3n) is 2.15. The Balaban J connectivity index is 2.17. The highest BCUT2D eigenvalue weighted by Crippen LogP contribution is 2.28. The van der Waals surface area contributed by atoms with E-state index in [2.05, 4.69) is 31.4 Å². The smallest absolute Gasteiger partial charge is 0.292 e. The Bertz CT molecular complexity index is 584. The molecule has 0 atom stereocenters. The summed E-state index contributed by atoms with van der Waals surface area (Å²) in [6.45, 7) is 1.94. The van der Waals surface area contributed by atoms with Gasteiger partial charge in [-0.25, -0.2) is 0 Å². The van der Waals surface area contributed by atoms with Crippen LogP contribution in [0.2, 0.25) is 0 Å². The van der Waals surface area contributed by atoms with E-state index in [1.807, 2.05) is 0 Å². The van der Waals surface area contributed by atoms with Gasteiger partial charge in [-0.05, 0) is 19.1 Å². The zero-order valence-corrected chi connectivity index (χ0v) is 11.0. The van der Waals surface area contributed by atoms with Crippen molar-refractivity contribution in [1.82, 2.24) is 10.1 Å². The van der Waals surface area contributed by atoms with Gasteiger partial charge >= 0.3 is 0 Å². The molecule has 1 N–H and O–H groups in total. The fraction of sp³-hybridized carbons (Fsp3) is 0.200. The second-order valence-corrected chi connectivity index (χ2v) is 4.42. The van der Waals surface area contributed by atoms with Gasteiger partial charge in [0.15, 0.2) is 5.82 Å². The van der Waals surface area contributed by atoms with E-state index in [0.29, 0.717) is 17.4 Å². The lowest BCUT2D eigenvalue weighted by molar-refractivity contribution is -0.384. The molecule has 1 aromatic heterocycles. The SMILES string of the molecule is Cc1noc(CNc2cc(Br)ccc2[N+](=O)[O-])n1. The fourth-order valence-corrected chi connectivity index (χ4v) is 1.75. The van der Waals surface area contributed by atoms with Crippen molar-refractivity contribution in [3.05, 3.63) is 44.5 Å². The molecule has 1 aromatic carbocycles. The second-order valence-electron chi connectivity index (χ2n) is 3.51. The zero-order valence-electron chi connectivity index (χ0n) is 9.38. The highest BCUT2D eigenvalue weighted by molar-refractivity contribution is 9.10. The highest BCUT2D eigenvalue weighted by Gasteiger charge is 2.14. The molecular formula is C10H9BrN4O3. The maximum atomic E-state index is 10.8. The summed E-state index contributed by atoms with van der Waals surface area (Å²) in [7, 11) is 0. The van der Waals surface area contributed by atoms with Crippen molar-refractivity contribution < 1.29 is 9.45 Å². The van der Waals surface area contributed by atoms with Crippen LogP contribution in [-0.4, -0.2) is 15.1 Å². The minimum atomic E-state index is -0.451. The lowest BCUT2D eigenvalue weighted by Gasteiger charge is -2.04. The normalized spacial score (nSPS) is 10.3. The predicted molar refractivity (Wildman–Crippen MR) is 67.2 cm³/mol. The van der Waals surface area contributed by atoms with Crippen molar-refractivity contribution in [2.75, 3.05) is 5.32 Å². The maximum Gasteiger partial charge on any atom is 0.292 e. The maximum absolute atomic E-state index is 10.8. The lowest BCUT2D eigenvalue weighted by Crippen LogP contribution is -2.03. The van der Waals surface area contributed by atoms with Crippen molar-refractivity contribution >= 4 is 27.3 Å². The topological polar surface area (TPSA) is 94.1 Å². The van der Waals surface area contributed by atoms with Crippen LogP contribution in [0.5, 0.6) is 0 Å². The number of halogens is 1. The number of nitrogens with zero attached hydrogens (tertiary/aromatic N) is 3. The van der Waals surface area contributed by atoms with Crippen LogP contribution in [0.1, 0.15) is 11.7 Å². The first-order valence-corrected chi connectivity index (χ1v) is 5.82. The van der Waals surface area contributed by atoms with Gasteiger partial charge in [0, 0.05) is 10.5 Å². The summed E-state index contributed by atoms with van der Waals surface area (Å²) in [5, 5.41) is 17.4. The monoisotopic (exact) mass is 312 g/mol. The third-order valence-corrected chi connectivity index (χ3v) is 2.65. The summed E-state index contributed by atoms with van der Waals surface area (Å²) in [6, 6.07) is 4.66. The summed E-state index contributed by atoms with van der Waals surface area (Å²) < 4.78 is 5.66. The predicted octanol–water partition coefficient (Wildman–Crippen LogP) is 2.66. The number of nitro benzene ring substituents is 1. The van der Waals surface area contributed by atoms with Crippen LogP contribution in [0.25, 0.3) is 0 Å². The molecule has 1 heterocycles. The Morgan fingerprint density at radius 2 is 2.33 bits per heavy atom. The zero-order chi connectivity index (χ0) is 13.1. The highest BCUT2D eigenvalue weighted by atomic mass is 79.9. The molecule has 0 unspecified atom stereocenters. The van der Waals surface area contributed by atoms with Crippen molar-refractivity contribution in [2.45, 2.75) is 13.5 Å². The van der Waals surface area contributed by atoms with Gasteiger partial charge in [0.25, 0.3) is 5.69 Å². The van der Waals surface area contributed by atoms with Gasteiger partial charge in [0.2, 0.25) is 5.89 Å². The van der Waals surface area contributed by atoms with Crippen molar-refractivity contribution in [3.8, 4) is 0 Å². The Morgan fingerprint density at radius 3 is 2.94 bits per heavy atom. The minimum absolute atomic E-state index is 0.00515. The molecular weight excluding hydrogens is 304 g/mol. The van der Waals surface area contributed by atoms with Crippen LogP contribution in [-0.2, 0) is 6.54 Å². The van der Waals surface area contributed by atoms with Gasteiger partial charge < -0.3 is 9.84 Å². The van der Waals surface area contributed by atoms with Gasteiger partial charge in [-0.1, -0.05) is 21.1 Å². The Hall–Kier alpha value is -1.96. The first kappa shape index (κ1) is 12.5. The average molecular weight is 313 g/mol.